The normalized spacial score (nSPS) is 16.6. The van der Waals surface area contributed by atoms with E-state index in [-0.39, 0.29) is 6.54 Å². The highest BCUT2D eigenvalue weighted by molar-refractivity contribution is 6.35. The molecule has 1 aliphatic heterocycles. The summed E-state index contributed by atoms with van der Waals surface area (Å²) < 4.78 is 0. The van der Waals surface area contributed by atoms with Crippen molar-refractivity contribution in [2.75, 3.05) is 6.54 Å². The van der Waals surface area contributed by atoms with Gasteiger partial charge < -0.3 is 5.11 Å². The van der Waals surface area contributed by atoms with Crippen LogP contribution in [0.2, 0.25) is 10.0 Å². The van der Waals surface area contributed by atoms with Crippen molar-refractivity contribution in [3.8, 4) is 6.07 Å². The molecule has 0 amide bonds. The Morgan fingerprint density at radius 1 is 1.24 bits per heavy atom. The third kappa shape index (κ3) is 3.43. The van der Waals surface area contributed by atoms with E-state index in [9.17, 15) is 15.2 Å². The minimum absolute atomic E-state index is 0.287. The molecule has 124 valence electrons. The van der Waals surface area contributed by atoms with Crippen molar-refractivity contribution in [2.24, 2.45) is 10.9 Å². The summed E-state index contributed by atoms with van der Waals surface area (Å²) in [5.41, 5.74) is 2.56. The molecule has 6 heteroatoms. The first kappa shape index (κ1) is 17.2. The summed E-state index contributed by atoms with van der Waals surface area (Å²) in [6.07, 6.45) is 1.64. The summed E-state index contributed by atoms with van der Waals surface area (Å²) in [6, 6.07) is 14.1. The molecule has 0 fully saturated rings. The number of carboxylic acids is 1. The Balaban J connectivity index is 2.08. The van der Waals surface area contributed by atoms with Crippen LogP contribution in [0.5, 0.6) is 0 Å². The van der Waals surface area contributed by atoms with E-state index in [0.29, 0.717) is 26.9 Å². The van der Waals surface area contributed by atoms with Crippen LogP contribution in [0.3, 0.4) is 0 Å². The number of nitrogens with zero attached hydrogens (tertiary/aromatic N) is 2. The van der Waals surface area contributed by atoms with Gasteiger partial charge in [-0.15, -0.1) is 0 Å². The maximum atomic E-state index is 11.8. The van der Waals surface area contributed by atoms with E-state index >= 15 is 0 Å². The predicted molar refractivity (Wildman–Crippen MR) is 98.1 cm³/mol. The summed E-state index contributed by atoms with van der Waals surface area (Å²) in [6.45, 7) is 0.287. The number of benzene rings is 2. The molecule has 0 spiro atoms. The van der Waals surface area contributed by atoms with E-state index in [1.54, 1.807) is 42.5 Å². The number of aliphatic imine (C=N–C) groups is 1. The molecule has 0 aromatic heterocycles. The summed E-state index contributed by atoms with van der Waals surface area (Å²) in [4.78, 5) is 16.3. The Morgan fingerprint density at radius 3 is 2.68 bits per heavy atom. The maximum absolute atomic E-state index is 11.8. The van der Waals surface area contributed by atoms with Gasteiger partial charge in [-0.2, -0.15) is 5.26 Å². The minimum atomic E-state index is -1.05. The SMILES string of the molecule is N#Cc1cccc(Cl)c1C1=NCC(c2cccc(Cl)c2)=CC1C(=O)O. The fourth-order valence-electron chi connectivity index (χ4n) is 2.78. The molecule has 1 heterocycles. The zero-order valence-electron chi connectivity index (χ0n) is 12.9. The van der Waals surface area contributed by atoms with E-state index in [1.165, 1.54) is 0 Å². The van der Waals surface area contributed by atoms with Gasteiger partial charge in [0.15, 0.2) is 0 Å². The molecule has 2 aromatic rings. The fraction of sp³-hybridized carbons (Fsp3) is 0.105. The number of hydrogen-bond acceptors (Lipinski definition) is 3. The number of carboxylic acid groups (broad SMARTS) is 1. The van der Waals surface area contributed by atoms with Crippen LogP contribution in [-0.2, 0) is 4.79 Å². The van der Waals surface area contributed by atoms with Crippen LogP contribution in [0.25, 0.3) is 5.57 Å². The molecule has 3 rings (SSSR count). The molecule has 1 unspecified atom stereocenters. The summed E-state index contributed by atoms with van der Waals surface area (Å²) in [5, 5.41) is 19.9. The monoisotopic (exact) mass is 370 g/mol. The molecule has 0 bridgehead atoms. The number of rotatable bonds is 3. The molecule has 0 saturated heterocycles. The molecule has 1 atom stereocenters. The molecule has 25 heavy (non-hydrogen) atoms. The molecule has 0 aliphatic carbocycles. The van der Waals surface area contributed by atoms with E-state index in [4.69, 9.17) is 23.2 Å². The average molecular weight is 371 g/mol. The highest BCUT2D eigenvalue weighted by atomic mass is 35.5. The van der Waals surface area contributed by atoms with E-state index < -0.39 is 11.9 Å². The van der Waals surface area contributed by atoms with Crippen molar-refractivity contribution in [2.45, 2.75) is 0 Å². The Bertz CT molecular complexity index is 958. The lowest BCUT2D eigenvalue weighted by molar-refractivity contribution is -0.138. The van der Waals surface area contributed by atoms with Crippen molar-refractivity contribution < 1.29 is 9.90 Å². The van der Waals surface area contributed by atoms with Crippen LogP contribution in [0.4, 0.5) is 0 Å². The Hall–Kier alpha value is -2.61. The van der Waals surface area contributed by atoms with Gasteiger partial charge in [0.25, 0.3) is 0 Å². The largest absolute Gasteiger partial charge is 0.481 e. The number of hydrogen-bond donors (Lipinski definition) is 1. The second kappa shape index (κ2) is 7.10. The molecular formula is C19H12Cl2N2O2. The van der Waals surface area contributed by atoms with Gasteiger partial charge in [-0.1, -0.05) is 47.5 Å². The maximum Gasteiger partial charge on any atom is 0.316 e. The van der Waals surface area contributed by atoms with Gasteiger partial charge in [0.2, 0.25) is 0 Å². The first-order chi connectivity index (χ1) is 12.0. The van der Waals surface area contributed by atoms with Crippen molar-refractivity contribution in [3.05, 3.63) is 75.3 Å². The Morgan fingerprint density at radius 2 is 2.00 bits per heavy atom. The van der Waals surface area contributed by atoms with Gasteiger partial charge >= 0.3 is 5.97 Å². The molecule has 1 aliphatic rings. The zero-order chi connectivity index (χ0) is 18.0. The lowest BCUT2D eigenvalue weighted by atomic mass is 9.88. The van der Waals surface area contributed by atoms with Gasteiger partial charge in [0.1, 0.15) is 5.92 Å². The number of halogens is 2. The summed E-state index contributed by atoms with van der Waals surface area (Å²) in [5.74, 6) is -2.04. The second-order valence-corrected chi connectivity index (χ2v) is 6.34. The summed E-state index contributed by atoms with van der Waals surface area (Å²) in [7, 11) is 0. The molecule has 0 saturated carbocycles. The standard InChI is InChI=1S/C19H12Cl2N2O2/c20-14-5-1-3-11(7-14)13-8-15(19(24)25)18(23-10-13)17-12(9-22)4-2-6-16(17)21/h1-8,15H,10H2,(H,24,25). The van der Waals surface area contributed by atoms with E-state index in [2.05, 4.69) is 4.99 Å². The smallest absolute Gasteiger partial charge is 0.316 e. The lowest BCUT2D eigenvalue weighted by Crippen LogP contribution is -2.27. The first-order valence-corrected chi connectivity index (χ1v) is 8.19. The molecule has 4 nitrogen and oxygen atoms in total. The first-order valence-electron chi connectivity index (χ1n) is 7.44. The predicted octanol–water partition coefficient (Wildman–Crippen LogP) is 4.45. The molecular weight excluding hydrogens is 359 g/mol. The fourth-order valence-corrected chi connectivity index (χ4v) is 3.24. The number of dihydropyridines is 1. The highest BCUT2D eigenvalue weighted by Gasteiger charge is 2.30. The van der Waals surface area contributed by atoms with Crippen molar-refractivity contribution in [3.63, 3.8) is 0 Å². The third-order valence-corrected chi connectivity index (χ3v) is 4.48. The number of carbonyl (C=O) groups is 1. The van der Waals surface area contributed by atoms with Crippen molar-refractivity contribution in [1.82, 2.24) is 0 Å². The van der Waals surface area contributed by atoms with Crippen LogP contribution in [-0.4, -0.2) is 23.3 Å². The number of nitriles is 1. The van der Waals surface area contributed by atoms with E-state index in [1.807, 2.05) is 12.1 Å². The lowest BCUT2D eigenvalue weighted by Gasteiger charge is -2.21. The molecule has 0 radical (unpaired) electrons. The average Bonchev–Trinajstić information content (AvgIpc) is 2.61. The minimum Gasteiger partial charge on any atom is -0.481 e. The van der Waals surface area contributed by atoms with E-state index in [0.717, 1.165) is 11.1 Å². The Labute approximate surface area is 154 Å². The van der Waals surface area contributed by atoms with Crippen LogP contribution in [0, 0.1) is 17.2 Å². The highest BCUT2D eigenvalue weighted by Crippen LogP contribution is 2.30. The Kier molecular flexibility index (Phi) is 4.89. The van der Waals surface area contributed by atoms with Gasteiger partial charge in [-0.05, 0) is 35.4 Å². The van der Waals surface area contributed by atoms with Gasteiger partial charge in [0, 0.05) is 10.6 Å². The second-order valence-electron chi connectivity index (χ2n) is 5.49. The van der Waals surface area contributed by atoms with Gasteiger partial charge in [-0.25, -0.2) is 0 Å². The van der Waals surface area contributed by atoms with Crippen LogP contribution < -0.4 is 0 Å². The topological polar surface area (TPSA) is 73.5 Å². The molecule has 1 N–H and O–H groups in total. The third-order valence-electron chi connectivity index (χ3n) is 3.93. The van der Waals surface area contributed by atoms with Gasteiger partial charge in [-0.3, -0.25) is 9.79 Å². The van der Waals surface area contributed by atoms with Crippen LogP contribution in [0.1, 0.15) is 16.7 Å². The zero-order valence-corrected chi connectivity index (χ0v) is 14.4. The molecule has 2 aromatic carbocycles. The quantitative estimate of drug-likeness (QED) is 0.866. The van der Waals surface area contributed by atoms with Crippen molar-refractivity contribution >= 4 is 40.5 Å². The van der Waals surface area contributed by atoms with Crippen LogP contribution in [0.15, 0.2) is 53.5 Å². The van der Waals surface area contributed by atoms with Gasteiger partial charge in [0.05, 0.1) is 28.9 Å². The summed E-state index contributed by atoms with van der Waals surface area (Å²) >= 11 is 12.2. The van der Waals surface area contributed by atoms with Crippen molar-refractivity contribution in [1.29, 1.82) is 5.26 Å². The van der Waals surface area contributed by atoms with Crippen LogP contribution >= 0.6 is 23.2 Å². The number of aliphatic carboxylic acids is 1.